The molecule has 1 aliphatic carbocycles. The van der Waals surface area contributed by atoms with Crippen molar-refractivity contribution in [3.05, 3.63) is 54.4 Å². The van der Waals surface area contributed by atoms with Gasteiger partial charge in [0.2, 0.25) is 0 Å². The summed E-state index contributed by atoms with van der Waals surface area (Å²) in [6, 6.07) is 5.59. The molecule has 6 heteroatoms. The number of piperidine rings is 1. The van der Waals surface area contributed by atoms with Gasteiger partial charge in [0.05, 0.1) is 11.0 Å². The Balaban J connectivity index is 1.33. The summed E-state index contributed by atoms with van der Waals surface area (Å²) in [7, 11) is 0. The number of carbonyl (C=O) groups is 1. The maximum absolute atomic E-state index is 13.1. The second-order valence-corrected chi connectivity index (χ2v) is 8.08. The summed E-state index contributed by atoms with van der Waals surface area (Å²) >= 11 is 0. The molecule has 3 aromatic rings. The lowest BCUT2D eigenvalue weighted by Crippen LogP contribution is -2.40. The van der Waals surface area contributed by atoms with Crippen LogP contribution in [0.4, 0.5) is 0 Å². The average molecular weight is 375 g/mol. The van der Waals surface area contributed by atoms with Gasteiger partial charge in [-0.05, 0) is 49.8 Å². The Kier molecular flexibility index (Phi) is 4.55. The number of hydrogen-bond acceptors (Lipinski definition) is 4. The third kappa shape index (κ3) is 3.28. The fraction of sp³-hybridized carbons (Fsp3) is 0.455. The van der Waals surface area contributed by atoms with E-state index in [4.69, 9.17) is 0 Å². The molecular formula is C22H25N5O. The molecule has 5 rings (SSSR count). The van der Waals surface area contributed by atoms with Gasteiger partial charge in [0.1, 0.15) is 5.82 Å². The zero-order chi connectivity index (χ0) is 18.9. The molecule has 1 unspecified atom stereocenters. The van der Waals surface area contributed by atoms with Crippen LogP contribution in [0.2, 0.25) is 0 Å². The van der Waals surface area contributed by atoms with Gasteiger partial charge in [0, 0.05) is 55.9 Å². The summed E-state index contributed by atoms with van der Waals surface area (Å²) in [6.45, 7) is 2.61. The molecule has 1 amide bonds. The van der Waals surface area contributed by atoms with E-state index in [9.17, 15) is 4.79 Å². The van der Waals surface area contributed by atoms with Gasteiger partial charge in [-0.2, -0.15) is 0 Å². The lowest BCUT2D eigenvalue weighted by atomic mass is 9.85. The minimum Gasteiger partial charge on any atom is -0.338 e. The lowest BCUT2D eigenvalue weighted by Gasteiger charge is -2.33. The summed E-state index contributed by atoms with van der Waals surface area (Å²) in [5, 5.41) is 0. The molecule has 1 aliphatic heterocycles. The number of aromatic nitrogens is 4. The molecule has 0 bridgehead atoms. The zero-order valence-electron chi connectivity index (χ0n) is 16.0. The van der Waals surface area contributed by atoms with Crippen molar-refractivity contribution in [1.29, 1.82) is 0 Å². The maximum Gasteiger partial charge on any atom is 0.253 e. The number of fused-ring (bicyclic) bond motifs is 1. The Morgan fingerprint density at radius 3 is 2.68 bits per heavy atom. The van der Waals surface area contributed by atoms with E-state index < -0.39 is 0 Å². The average Bonchev–Trinajstić information content (AvgIpc) is 3.18. The maximum atomic E-state index is 13.1. The predicted octanol–water partition coefficient (Wildman–Crippen LogP) is 3.65. The van der Waals surface area contributed by atoms with E-state index in [0.717, 1.165) is 55.3 Å². The first kappa shape index (κ1) is 17.3. The molecule has 0 spiro atoms. The van der Waals surface area contributed by atoms with Crippen LogP contribution in [0.5, 0.6) is 0 Å². The van der Waals surface area contributed by atoms with Gasteiger partial charge in [-0.3, -0.25) is 14.8 Å². The van der Waals surface area contributed by atoms with E-state index in [1.54, 1.807) is 12.4 Å². The zero-order valence-corrected chi connectivity index (χ0v) is 16.0. The van der Waals surface area contributed by atoms with Gasteiger partial charge >= 0.3 is 0 Å². The molecule has 2 aromatic heterocycles. The molecule has 3 heterocycles. The summed E-state index contributed by atoms with van der Waals surface area (Å²) in [4.78, 5) is 28.4. The fourth-order valence-corrected chi connectivity index (χ4v) is 4.44. The van der Waals surface area contributed by atoms with Gasteiger partial charge in [-0.25, -0.2) is 4.98 Å². The molecule has 0 N–H and O–H groups in total. The van der Waals surface area contributed by atoms with Crippen LogP contribution in [-0.2, 0) is 6.54 Å². The van der Waals surface area contributed by atoms with Crippen LogP contribution in [0, 0.1) is 5.92 Å². The molecule has 1 atom stereocenters. The molecule has 1 aromatic carbocycles. The lowest BCUT2D eigenvalue weighted by molar-refractivity contribution is 0.0702. The number of carbonyl (C=O) groups excluding carboxylic acids is 1. The van der Waals surface area contributed by atoms with Gasteiger partial charge in [0.15, 0.2) is 0 Å². The van der Waals surface area contributed by atoms with Crippen molar-refractivity contribution < 1.29 is 4.79 Å². The number of amides is 1. The van der Waals surface area contributed by atoms with E-state index >= 15 is 0 Å². The summed E-state index contributed by atoms with van der Waals surface area (Å²) < 4.78 is 2.33. The van der Waals surface area contributed by atoms with E-state index in [0.29, 0.717) is 11.5 Å². The first-order chi connectivity index (χ1) is 13.8. The number of hydrogen-bond donors (Lipinski definition) is 0. The fourth-order valence-electron chi connectivity index (χ4n) is 4.44. The van der Waals surface area contributed by atoms with Crippen molar-refractivity contribution in [3.8, 4) is 0 Å². The Morgan fingerprint density at radius 1 is 1.00 bits per heavy atom. The Morgan fingerprint density at radius 2 is 1.86 bits per heavy atom. The molecule has 6 nitrogen and oxygen atoms in total. The third-order valence-electron chi connectivity index (χ3n) is 6.22. The highest BCUT2D eigenvalue weighted by atomic mass is 16.2. The number of rotatable bonds is 4. The molecule has 2 aliphatic rings. The van der Waals surface area contributed by atoms with Crippen molar-refractivity contribution in [3.63, 3.8) is 0 Å². The second kappa shape index (κ2) is 7.34. The number of imidazole rings is 1. The Bertz CT molecular complexity index is 993. The Labute approximate surface area is 164 Å². The highest BCUT2D eigenvalue weighted by Crippen LogP contribution is 2.31. The summed E-state index contributed by atoms with van der Waals surface area (Å²) in [5.41, 5.74) is 2.26. The van der Waals surface area contributed by atoms with Crippen LogP contribution in [-0.4, -0.2) is 43.4 Å². The molecule has 1 saturated heterocycles. The van der Waals surface area contributed by atoms with Gasteiger partial charge in [-0.1, -0.05) is 6.42 Å². The normalized spacial score (nSPS) is 20.3. The highest BCUT2D eigenvalue weighted by Gasteiger charge is 2.29. The molecule has 2 fully saturated rings. The minimum atomic E-state index is 0.0781. The number of nitrogens with zero attached hydrogens (tertiary/aromatic N) is 5. The molecule has 1 saturated carbocycles. The van der Waals surface area contributed by atoms with Crippen molar-refractivity contribution >= 4 is 16.9 Å². The van der Waals surface area contributed by atoms with Crippen LogP contribution in [0.3, 0.4) is 0 Å². The van der Waals surface area contributed by atoms with Crippen LogP contribution in [0.15, 0.2) is 43.0 Å². The van der Waals surface area contributed by atoms with Crippen LogP contribution in [0.25, 0.3) is 11.0 Å². The molecule has 0 radical (unpaired) electrons. The topological polar surface area (TPSA) is 63.9 Å². The van der Waals surface area contributed by atoms with Crippen LogP contribution < -0.4 is 0 Å². The predicted molar refractivity (Wildman–Crippen MR) is 107 cm³/mol. The molecular weight excluding hydrogens is 350 g/mol. The number of benzene rings is 1. The van der Waals surface area contributed by atoms with Crippen molar-refractivity contribution in [2.75, 3.05) is 13.1 Å². The van der Waals surface area contributed by atoms with Crippen LogP contribution >= 0.6 is 0 Å². The van der Waals surface area contributed by atoms with Crippen molar-refractivity contribution in [2.45, 2.75) is 44.6 Å². The molecule has 28 heavy (non-hydrogen) atoms. The number of likely N-dealkylation sites (tertiary alicyclic amines) is 1. The van der Waals surface area contributed by atoms with Gasteiger partial charge in [-0.15, -0.1) is 0 Å². The smallest absolute Gasteiger partial charge is 0.253 e. The first-order valence-electron chi connectivity index (χ1n) is 10.3. The van der Waals surface area contributed by atoms with Gasteiger partial charge in [0.25, 0.3) is 5.91 Å². The first-order valence-corrected chi connectivity index (χ1v) is 10.3. The van der Waals surface area contributed by atoms with Crippen molar-refractivity contribution in [1.82, 2.24) is 24.4 Å². The van der Waals surface area contributed by atoms with Crippen LogP contribution in [0.1, 0.15) is 54.2 Å². The van der Waals surface area contributed by atoms with E-state index in [1.165, 1.54) is 19.3 Å². The van der Waals surface area contributed by atoms with Crippen molar-refractivity contribution in [2.24, 2.45) is 5.92 Å². The summed E-state index contributed by atoms with van der Waals surface area (Å²) in [6.07, 6.45) is 13.5. The second-order valence-electron chi connectivity index (χ2n) is 8.08. The van der Waals surface area contributed by atoms with E-state index in [-0.39, 0.29) is 5.91 Å². The quantitative estimate of drug-likeness (QED) is 0.698. The largest absolute Gasteiger partial charge is 0.338 e. The van der Waals surface area contributed by atoms with E-state index in [1.807, 2.05) is 29.3 Å². The highest BCUT2D eigenvalue weighted by molar-refractivity contribution is 5.97. The third-order valence-corrected chi connectivity index (χ3v) is 6.22. The summed E-state index contributed by atoms with van der Waals surface area (Å²) in [5.74, 6) is 2.34. The monoisotopic (exact) mass is 375 g/mol. The standard InChI is InChI=1S/C22H25N5O/c28-22(17-6-7-19-20(13-17)24-9-8-23-19)27-11-2-5-18(15-27)21-25-10-12-26(21)14-16-3-1-4-16/h6-10,12-13,16,18H,1-5,11,14-15H2. The minimum absolute atomic E-state index is 0.0781. The Hall–Kier alpha value is -2.76. The van der Waals surface area contributed by atoms with E-state index in [2.05, 4.69) is 25.7 Å². The molecule has 144 valence electrons. The van der Waals surface area contributed by atoms with Gasteiger partial charge < -0.3 is 9.47 Å². The SMILES string of the molecule is O=C(c1ccc2nccnc2c1)N1CCCC(c2nccn2CC2CCC2)C1.